The minimum atomic E-state index is 0. The number of rotatable bonds is 12. The van der Waals surface area contributed by atoms with E-state index in [2.05, 4.69) is 30.7 Å². The summed E-state index contributed by atoms with van der Waals surface area (Å²) in [5.41, 5.74) is 0. The van der Waals surface area contributed by atoms with Gasteiger partial charge >= 0.3 is 0 Å². The molecule has 0 aliphatic heterocycles. The molecule has 0 unspecified atom stereocenters. The molecule has 0 aliphatic carbocycles. The average molecular weight is 823 g/mol. The molecule has 0 bridgehead atoms. The quantitative estimate of drug-likeness (QED) is 0.0299. The summed E-state index contributed by atoms with van der Waals surface area (Å²) < 4.78 is 6.44. The first-order valence-corrected chi connectivity index (χ1v) is 6.57. The van der Waals surface area contributed by atoms with Gasteiger partial charge in [-0.2, -0.15) is 25.6 Å². The standard InChI is InChI=1S/2C3H4N2O2.2C2O3.4CHO2.2CH4.3Y/c2*6-2-4-1-5-3-7;2*3-1-5-2-4;4*2-1-3;;;;;/h2*1H2,(H,4,6)(H,5,7);;;4*(H,2,3);2*1H4;;;/q4*-2;4*-1;;;;;. The molecule has 3 radical (unpaired) electrons. The normalized spacial score (nSPS) is 4.88. The minimum Gasteiger partial charge on any atom is -0.783 e. The van der Waals surface area contributed by atoms with Gasteiger partial charge in [-0.3, -0.25) is 0 Å². The largest absolute Gasteiger partial charge is 0.783 e. The molecule has 0 saturated heterocycles. The van der Waals surface area contributed by atoms with Crippen molar-refractivity contribution in [1.82, 2.24) is 21.3 Å². The molecular formula is C16H20N4O18Y3-12. The molecule has 25 heteroatoms. The monoisotopic (exact) mass is 823 g/mol. The average Bonchev–Trinajstić information content (AvgIpc) is 2.84. The van der Waals surface area contributed by atoms with Gasteiger partial charge in [-0.25, -0.2) is 0 Å². The number of hydrogen-bond donors (Lipinski definition) is 8. The van der Waals surface area contributed by atoms with Crippen molar-refractivity contribution >= 4 is 77.4 Å². The zero-order valence-electron chi connectivity index (χ0n) is 18.7. The molecule has 41 heavy (non-hydrogen) atoms. The summed E-state index contributed by atoms with van der Waals surface area (Å²) in [5, 5.41) is 35.3. The Morgan fingerprint density at radius 3 is 0.561 bits per heavy atom. The number of ether oxygens (including phenoxy) is 2. The van der Waals surface area contributed by atoms with E-state index in [4.69, 9.17) is 58.8 Å². The molecule has 22 nitrogen and oxygen atoms in total. The molecule has 0 heterocycles. The van der Waals surface area contributed by atoms with Crippen LogP contribution in [0.1, 0.15) is 14.9 Å². The fourth-order valence-corrected chi connectivity index (χ4v) is 0.267. The molecule has 0 fully saturated rings. The number of carbonyl (C=O) groups excluding carboxylic acids is 8. The molecule has 233 valence electrons. The van der Waals surface area contributed by atoms with E-state index in [1.807, 2.05) is 0 Å². The van der Waals surface area contributed by atoms with E-state index in [1.165, 1.54) is 25.6 Å². The summed E-state index contributed by atoms with van der Waals surface area (Å²) in [7, 11) is 0. The first-order chi connectivity index (χ1) is 17.3. The van der Waals surface area contributed by atoms with Crippen molar-refractivity contribution in [3.05, 3.63) is 0 Å². The van der Waals surface area contributed by atoms with Crippen LogP contribution in [0.3, 0.4) is 0 Å². The van der Waals surface area contributed by atoms with Gasteiger partial charge in [0, 0.05) is 111 Å². The summed E-state index contributed by atoms with van der Waals surface area (Å²) in [5.74, 6) is 0. The Hall–Kier alpha value is -2.65. The maximum absolute atomic E-state index is 9.27. The molecule has 0 atom stereocenters. The zero-order chi connectivity index (χ0) is 30.1. The van der Waals surface area contributed by atoms with Gasteiger partial charge < -0.3 is 109 Å². The Morgan fingerprint density at radius 2 is 0.512 bits per heavy atom. The second-order valence-electron chi connectivity index (χ2n) is 2.37. The fraction of sp³-hybridized carbons (Fsp3) is 0.250. The van der Waals surface area contributed by atoms with Crippen molar-refractivity contribution in [2.24, 2.45) is 0 Å². The van der Waals surface area contributed by atoms with Crippen molar-refractivity contribution in [2.45, 2.75) is 14.9 Å². The summed E-state index contributed by atoms with van der Waals surface area (Å²) in [4.78, 5) is 105. The van der Waals surface area contributed by atoms with Crippen molar-refractivity contribution < 1.29 is 186 Å². The predicted molar refractivity (Wildman–Crippen MR) is 117 cm³/mol. The summed E-state index contributed by atoms with van der Waals surface area (Å²) in [6.07, 6.45) is 5.44. The fourth-order valence-electron chi connectivity index (χ4n) is 0.267. The van der Waals surface area contributed by atoms with Gasteiger partial charge in [-0.15, -0.1) is 25.9 Å². The molecule has 0 aromatic rings. The van der Waals surface area contributed by atoms with E-state index >= 15 is 0 Å². The van der Waals surface area contributed by atoms with E-state index in [0.29, 0.717) is 25.9 Å². The van der Waals surface area contributed by atoms with E-state index < -0.39 is 0 Å². The van der Waals surface area contributed by atoms with Gasteiger partial charge in [0.15, 0.2) is 0 Å². The van der Waals surface area contributed by atoms with E-state index in [9.17, 15) is 19.2 Å². The number of hydrogen-bond acceptors (Lipinski definition) is 14. The maximum Gasteiger partial charge on any atom is 0.0290 e. The van der Waals surface area contributed by atoms with Gasteiger partial charge in [0.05, 0.1) is 0 Å². The van der Waals surface area contributed by atoms with Gasteiger partial charge in [0.2, 0.25) is 0 Å². The van der Waals surface area contributed by atoms with Gasteiger partial charge in [0.25, 0.3) is 0 Å². The molecule has 0 rings (SSSR count). The Morgan fingerprint density at radius 1 is 0.390 bits per heavy atom. The van der Waals surface area contributed by atoms with E-state index in [1.54, 1.807) is 0 Å². The predicted octanol–water partition coefficient (Wildman–Crippen LogP) is -5.50. The number of nitrogens with one attached hydrogen (secondary N) is 4. The third-order valence-corrected chi connectivity index (χ3v) is 0.809. The third-order valence-electron chi connectivity index (χ3n) is 0.809. The summed E-state index contributed by atoms with van der Waals surface area (Å²) >= 11 is 0. The van der Waals surface area contributed by atoms with Crippen molar-refractivity contribution in [3.63, 3.8) is 0 Å². The molecule has 0 aromatic heterocycles. The van der Waals surface area contributed by atoms with Crippen LogP contribution in [-0.2, 0) is 165 Å². The Labute approximate surface area is 309 Å². The first kappa shape index (κ1) is 83.3. The maximum atomic E-state index is 9.27. The molecular weight excluding hydrogens is 803 g/mol. The van der Waals surface area contributed by atoms with Crippen LogP contribution < -0.4 is 21.3 Å². The Balaban J connectivity index is -0.0000000200. The Kier molecular flexibility index (Phi) is 333. The number of aliphatic hydroxyl groups excluding tert-OH is 4. The molecule has 8 N–H and O–H groups in total. The summed E-state index contributed by atoms with van der Waals surface area (Å²) in [6.45, 7) is 5.56. The second-order valence-corrected chi connectivity index (χ2v) is 2.37. The van der Waals surface area contributed by atoms with Gasteiger partial charge in [0.1, 0.15) is 0 Å². The van der Waals surface area contributed by atoms with Crippen molar-refractivity contribution in [1.29, 1.82) is 0 Å². The SMILES string of the molecule is C.C.O=[C-]NCN[C-]=O.O=[C-]NCN[C-]=O.O=[C-]O.O=[C-]O.O=[C-]O.O=[C-]O.O=[C-]O[C-]=O.O=[C-]O[C-]=O.[Y].[Y].[Y]. The molecule has 0 aliphatic rings. The third kappa shape index (κ3) is 534. The number of amides is 4. The van der Waals surface area contributed by atoms with Crippen LogP contribution in [0, 0.1) is 0 Å². The van der Waals surface area contributed by atoms with Crippen molar-refractivity contribution in [3.8, 4) is 0 Å². The van der Waals surface area contributed by atoms with Crippen LogP contribution in [-0.4, -0.2) is 111 Å². The van der Waals surface area contributed by atoms with E-state index in [0.717, 1.165) is 25.9 Å². The van der Waals surface area contributed by atoms with Crippen LogP contribution in [0.2, 0.25) is 0 Å². The minimum absolute atomic E-state index is 0. The van der Waals surface area contributed by atoms with E-state index in [-0.39, 0.29) is 126 Å². The molecule has 0 spiro atoms. The molecule has 0 aromatic carbocycles. The Bertz CT molecular complexity index is 440. The smallest absolute Gasteiger partial charge is 0.0290 e. The zero-order valence-corrected chi connectivity index (χ0v) is 27.2. The van der Waals surface area contributed by atoms with Crippen molar-refractivity contribution in [2.75, 3.05) is 13.3 Å². The van der Waals surface area contributed by atoms with Crippen LogP contribution in [0.4, 0.5) is 0 Å². The molecule has 0 saturated carbocycles. The van der Waals surface area contributed by atoms with Crippen LogP contribution in [0.25, 0.3) is 0 Å². The van der Waals surface area contributed by atoms with Gasteiger partial charge in [-0.1, -0.05) is 40.7 Å². The van der Waals surface area contributed by atoms with Gasteiger partial charge in [-0.05, 0) is 0 Å². The van der Waals surface area contributed by atoms with Crippen LogP contribution in [0.15, 0.2) is 0 Å². The van der Waals surface area contributed by atoms with Crippen LogP contribution in [0.5, 0.6) is 0 Å². The topological polar surface area (TPSA) is 352 Å². The molecule has 4 amide bonds. The second kappa shape index (κ2) is 164. The first-order valence-electron chi connectivity index (χ1n) is 6.57. The van der Waals surface area contributed by atoms with Crippen LogP contribution >= 0.6 is 0 Å². The summed E-state index contributed by atoms with van der Waals surface area (Å²) in [6, 6.07) is 0.